The molecule has 0 N–H and O–H groups in total. The van der Waals surface area contributed by atoms with Crippen molar-refractivity contribution >= 4 is 59.7 Å². The first-order valence-electron chi connectivity index (χ1n) is 28.2. The van der Waals surface area contributed by atoms with E-state index < -0.39 is 67.7 Å². The number of rotatable bonds is 15. The van der Waals surface area contributed by atoms with Crippen molar-refractivity contribution in [2.75, 3.05) is 0 Å². The number of ether oxygens (including phenoxy) is 10. The quantitative estimate of drug-likeness (QED) is 0.109. The molecule has 0 saturated carbocycles. The van der Waals surface area contributed by atoms with Crippen molar-refractivity contribution in [3.63, 3.8) is 0 Å². The third-order valence-electron chi connectivity index (χ3n) is 16.7. The monoisotopic (exact) mass is 1140 g/mol. The molecule has 0 bridgehead atoms. The van der Waals surface area contributed by atoms with Gasteiger partial charge in [0.05, 0.1) is 60.2 Å². The van der Waals surface area contributed by atoms with Crippen LogP contribution in [0.3, 0.4) is 0 Å². The van der Waals surface area contributed by atoms with E-state index in [2.05, 4.69) is 0 Å². The summed E-state index contributed by atoms with van der Waals surface area (Å²) in [4.78, 5) is 115. The second kappa shape index (κ2) is 27.2. The van der Waals surface area contributed by atoms with E-state index in [-0.39, 0.29) is 110 Å². The Morgan fingerprint density at radius 2 is 0.825 bits per heavy atom. The fourth-order valence-corrected chi connectivity index (χ4v) is 7.35. The summed E-state index contributed by atoms with van der Waals surface area (Å²) in [5, 5.41) is 0. The second-order valence-electron chi connectivity index (χ2n) is 26.3. The van der Waals surface area contributed by atoms with Gasteiger partial charge in [-0.15, -0.1) is 0 Å². The van der Waals surface area contributed by atoms with Crippen molar-refractivity contribution in [1.29, 1.82) is 0 Å². The van der Waals surface area contributed by atoms with Crippen LogP contribution in [-0.2, 0) is 95.3 Å². The van der Waals surface area contributed by atoms with Gasteiger partial charge in [-0.3, -0.25) is 47.9 Å². The fourth-order valence-electron chi connectivity index (χ4n) is 7.35. The summed E-state index contributed by atoms with van der Waals surface area (Å²) in [6.07, 6.45) is 2.95. The summed E-state index contributed by atoms with van der Waals surface area (Å²) in [6.45, 7) is 45.4. The maximum absolute atomic E-state index is 12.1. The molecular weight excluding hydrogens is 1040 g/mol. The maximum Gasteiger partial charge on any atom is 0.312 e. The van der Waals surface area contributed by atoms with Gasteiger partial charge in [-0.1, -0.05) is 48.5 Å². The molecule has 0 spiro atoms. The van der Waals surface area contributed by atoms with E-state index in [1.807, 2.05) is 90.0 Å². The van der Waals surface area contributed by atoms with Gasteiger partial charge in [0.25, 0.3) is 0 Å². The highest BCUT2D eigenvalue weighted by Gasteiger charge is 2.57. The van der Waals surface area contributed by atoms with Gasteiger partial charge >= 0.3 is 59.7 Å². The molecule has 5 aliphatic heterocycles. The Kier molecular flexibility index (Phi) is 24.7. The van der Waals surface area contributed by atoms with Crippen molar-refractivity contribution in [3.8, 4) is 0 Å². The number of cyclic esters (lactones) is 5. The third-order valence-corrected chi connectivity index (χ3v) is 16.7. The van der Waals surface area contributed by atoms with Crippen LogP contribution in [0.2, 0.25) is 0 Å². The SMILES string of the molecule is CCC(C)(C)C(=O)OC1(C)CC(=O)OC1(C)C.CCC(C)(C)C(=O)OC1(C)CC(=O)OC1C.CCC(C)(C)C(=O)OC1CC(=O)OC1(C)C.CCC(C)C(=O)OC1(C)CC(=O)OC1(C)C.CCC(C)C(=O)OC1CC(=O)OC1(C)C. The van der Waals surface area contributed by atoms with Crippen molar-refractivity contribution in [1.82, 2.24) is 0 Å². The normalized spacial score (nSPS) is 27.5. The zero-order chi connectivity index (χ0) is 62.8. The molecule has 80 heavy (non-hydrogen) atoms. The Labute approximate surface area is 476 Å². The minimum absolute atomic E-state index is 0.117. The Balaban J connectivity index is 0.000000500. The summed E-state index contributed by atoms with van der Waals surface area (Å²) in [5.41, 5.74) is -7.06. The summed E-state index contributed by atoms with van der Waals surface area (Å²) in [7, 11) is 0. The standard InChI is InChI=1S/C13H22O4.3C12H20O4.C11H18O4/c1-7-11(2,3)10(15)17-13(6)8-9(14)16-12(13,4)5;1-6-11(2,3)10(14)15-8-7-9(13)16-12(8,4)5;1-6-11(3,4)10(14)16-12(5)7-9(13)15-8(12)2;1-6-8(2)10(14)16-12(5)7-9(13)15-11(12,3)4;1-5-7(2)10(13)14-8-6-9(12)15-11(8,3)4/h7-8H2,1-6H3;3*8H,6-7H2,1-5H3;7-8H,5-6H2,1-4H3. The molecule has 0 aromatic rings. The molecule has 5 fully saturated rings. The molecule has 5 heterocycles. The molecule has 0 radical (unpaired) electrons. The van der Waals surface area contributed by atoms with Crippen LogP contribution in [0.1, 0.15) is 237 Å². The average Bonchev–Trinajstić information content (AvgIpc) is 3.98. The minimum Gasteiger partial charge on any atom is -0.458 e. The van der Waals surface area contributed by atoms with E-state index in [1.54, 1.807) is 83.1 Å². The van der Waals surface area contributed by atoms with E-state index in [0.717, 1.165) is 12.8 Å². The average molecular weight is 1140 g/mol. The van der Waals surface area contributed by atoms with Crippen LogP contribution in [-0.4, -0.2) is 117 Å². The van der Waals surface area contributed by atoms with Crippen LogP contribution in [0.15, 0.2) is 0 Å². The summed E-state index contributed by atoms with van der Waals surface area (Å²) in [5.74, 6) is -3.19. The van der Waals surface area contributed by atoms with Gasteiger partial charge in [-0.2, -0.15) is 0 Å². The summed E-state index contributed by atoms with van der Waals surface area (Å²) in [6, 6.07) is 0. The first kappa shape index (κ1) is 72.7. The Bertz CT molecular complexity index is 2250. The van der Waals surface area contributed by atoms with Crippen LogP contribution in [0.5, 0.6) is 0 Å². The lowest BCUT2D eigenvalue weighted by Gasteiger charge is -2.36. The van der Waals surface area contributed by atoms with Crippen LogP contribution >= 0.6 is 0 Å². The van der Waals surface area contributed by atoms with Crippen molar-refractivity contribution < 1.29 is 95.3 Å². The van der Waals surface area contributed by atoms with E-state index >= 15 is 0 Å². The topological polar surface area (TPSA) is 263 Å². The predicted octanol–water partition coefficient (Wildman–Crippen LogP) is 10.3. The van der Waals surface area contributed by atoms with Crippen molar-refractivity contribution in [3.05, 3.63) is 0 Å². The Morgan fingerprint density at radius 1 is 0.475 bits per heavy atom. The Hall–Kier alpha value is -5.30. The molecule has 5 rings (SSSR count). The number of hydrogen-bond donors (Lipinski definition) is 0. The molecule has 8 atom stereocenters. The van der Waals surface area contributed by atoms with E-state index in [9.17, 15) is 47.9 Å². The molecule has 5 aliphatic rings. The van der Waals surface area contributed by atoms with Crippen LogP contribution < -0.4 is 0 Å². The van der Waals surface area contributed by atoms with E-state index in [4.69, 9.17) is 47.4 Å². The van der Waals surface area contributed by atoms with Crippen LogP contribution in [0.25, 0.3) is 0 Å². The molecule has 8 unspecified atom stereocenters. The minimum atomic E-state index is -0.881. The lowest BCUT2D eigenvalue weighted by molar-refractivity contribution is -0.184. The summed E-state index contributed by atoms with van der Waals surface area (Å²) >= 11 is 0. The van der Waals surface area contributed by atoms with Gasteiger partial charge in [-0.05, 0) is 157 Å². The van der Waals surface area contributed by atoms with Gasteiger partial charge < -0.3 is 47.4 Å². The third kappa shape index (κ3) is 19.2. The van der Waals surface area contributed by atoms with Gasteiger partial charge in [0.15, 0.2) is 29.0 Å². The Morgan fingerprint density at radius 3 is 1.14 bits per heavy atom. The van der Waals surface area contributed by atoms with Crippen molar-refractivity contribution in [2.45, 2.75) is 295 Å². The number of carbonyl (C=O) groups excluding carboxylic acids is 10. The highest BCUT2D eigenvalue weighted by atomic mass is 16.6. The molecule has 0 amide bonds. The number of hydrogen-bond acceptors (Lipinski definition) is 20. The van der Waals surface area contributed by atoms with Crippen LogP contribution in [0, 0.1) is 28.1 Å². The highest BCUT2D eigenvalue weighted by Crippen LogP contribution is 2.42. The molecule has 460 valence electrons. The molecule has 5 saturated heterocycles. The molecule has 0 aromatic carbocycles. The first-order valence-corrected chi connectivity index (χ1v) is 28.2. The largest absolute Gasteiger partial charge is 0.458 e. The number of esters is 10. The van der Waals surface area contributed by atoms with E-state index in [0.29, 0.717) is 19.3 Å². The molecular formula is C60H100O20. The van der Waals surface area contributed by atoms with Gasteiger partial charge in [0.2, 0.25) is 0 Å². The van der Waals surface area contributed by atoms with Gasteiger partial charge in [0, 0.05) is 0 Å². The van der Waals surface area contributed by atoms with Crippen LogP contribution in [0.4, 0.5) is 0 Å². The lowest BCUT2D eigenvalue weighted by Crippen LogP contribution is -2.49. The smallest absolute Gasteiger partial charge is 0.312 e. The maximum atomic E-state index is 12.1. The highest BCUT2D eigenvalue weighted by molar-refractivity contribution is 5.81. The molecule has 20 heteroatoms. The van der Waals surface area contributed by atoms with Gasteiger partial charge in [0.1, 0.15) is 28.5 Å². The zero-order valence-corrected chi connectivity index (χ0v) is 53.1. The summed E-state index contributed by atoms with van der Waals surface area (Å²) < 4.78 is 52.6. The zero-order valence-electron chi connectivity index (χ0n) is 53.1. The first-order chi connectivity index (χ1) is 36.0. The molecule has 0 aromatic heterocycles. The molecule has 0 aliphatic carbocycles. The van der Waals surface area contributed by atoms with Gasteiger partial charge in [-0.25, -0.2) is 0 Å². The lowest BCUT2D eigenvalue weighted by atomic mass is 9.85. The van der Waals surface area contributed by atoms with Crippen molar-refractivity contribution in [2.24, 2.45) is 28.1 Å². The predicted molar refractivity (Wildman–Crippen MR) is 294 cm³/mol. The second-order valence-corrected chi connectivity index (χ2v) is 26.3. The number of carbonyl (C=O) groups is 10. The molecule has 20 nitrogen and oxygen atoms in total. The van der Waals surface area contributed by atoms with E-state index in [1.165, 1.54) is 0 Å². The fraction of sp³-hybridized carbons (Fsp3) is 0.833.